The highest BCUT2D eigenvalue weighted by atomic mass is 19.1. The summed E-state index contributed by atoms with van der Waals surface area (Å²) >= 11 is 0. The Morgan fingerprint density at radius 2 is 1.88 bits per heavy atom. The Balaban J connectivity index is 1.39. The summed E-state index contributed by atoms with van der Waals surface area (Å²) in [5.41, 5.74) is 2.34. The molecule has 6 heteroatoms. The minimum Gasteiger partial charge on any atom is -0.339 e. The lowest BCUT2D eigenvalue weighted by molar-refractivity contribution is -0.140. The fraction of sp³-hybridized carbons (Fsp3) is 0.462. The van der Waals surface area contributed by atoms with Crippen molar-refractivity contribution in [3.63, 3.8) is 0 Å². The standard InChI is InChI=1S/C26H32FN3O2/c1-28(2)14-4-15-30-24-13-16-29(18-22(24)11-12-25(30)31)26(32)20-9-7-19(8-10-20)21-5-3-6-23(27)17-21/h3,5-10,17,22,24H,4,11-16,18H2,1-2H3/t22-,24+/m1/s1. The molecule has 0 aliphatic carbocycles. The van der Waals surface area contributed by atoms with E-state index in [1.54, 1.807) is 6.07 Å². The molecule has 2 heterocycles. The number of likely N-dealkylation sites (tertiary alicyclic amines) is 2. The van der Waals surface area contributed by atoms with Crippen LogP contribution in [0.4, 0.5) is 4.39 Å². The minimum atomic E-state index is -0.271. The summed E-state index contributed by atoms with van der Waals surface area (Å²) in [7, 11) is 4.10. The summed E-state index contributed by atoms with van der Waals surface area (Å²) in [5.74, 6) is 0.367. The first-order valence-electron chi connectivity index (χ1n) is 11.5. The molecule has 4 rings (SSSR count). The van der Waals surface area contributed by atoms with E-state index in [0.717, 1.165) is 43.5 Å². The van der Waals surface area contributed by atoms with Gasteiger partial charge in [0.1, 0.15) is 5.82 Å². The molecular formula is C26H32FN3O2. The summed E-state index contributed by atoms with van der Waals surface area (Å²) in [6.45, 7) is 3.14. The molecule has 2 fully saturated rings. The molecule has 2 aromatic carbocycles. The molecule has 2 aliphatic rings. The molecule has 32 heavy (non-hydrogen) atoms. The van der Waals surface area contributed by atoms with E-state index in [2.05, 4.69) is 23.9 Å². The van der Waals surface area contributed by atoms with E-state index in [1.165, 1.54) is 12.1 Å². The van der Waals surface area contributed by atoms with Crippen LogP contribution >= 0.6 is 0 Å². The number of hydrogen-bond acceptors (Lipinski definition) is 3. The number of benzene rings is 2. The summed E-state index contributed by atoms with van der Waals surface area (Å²) in [4.78, 5) is 31.8. The highest BCUT2D eigenvalue weighted by molar-refractivity contribution is 5.95. The van der Waals surface area contributed by atoms with Crippen molar-refractivity contribution in [1.29, 1.82) is 0 Å². The minimum absolute atomic E-state index is 0.0327. The van der Waals surface area contributed by atoms with Crippen LogP contribution in [0.5, 0.6) is 0 Å². The quantitative estimate of drug-likeness (QED) is 0.689. The predicted octanol–water partition coefficient (Wildman–Crippen LogP) is 3.90. The molecule has 0 bridgehead atoms. The number of carbonyl (C=O) groups is 2. The van der Waals surface area contributed by atoms with Crippen molar-refractivity contribution in [3.05, 3.63) is 59.9 Å². The largest absolute Gasteiger partial charge is 0.339 e. The van der Waals surface area contributed by atoms with E-state index in [-0.39, 0.29) is 23.7 Å². The third kappa shape index (κ3) is 5.01. The first-order chi connectivity index (χ1) is 15.4. The average Bonchev–Trinajstić information content (AvgIpc) is 2.79. The zero-order valence-electron chi connectivity index (χ0n) is 19.0. The van der Waals surface area contributed by atoms with E-state index >= 15 is 0 Å². The molecule has 0 unspecified atom stereocenters. The molecule has 2 aliphatic heterocycles. The van der Waals surface area contributed by atoms with Crippen molar-refractivity contribution in [1.82, 2.24) is 14.7 Å². The first-order valence-corrected chi connectivity index (χ1v) is 11.5. The van der Waals surface area contributed by atoms with E-state index in [4.69, 9.17) is 0 Å². The average molecular weight is 438 g/mol. The summed E-state index contributed by atoms with van der Waals surface area (Å²) < 4.78 is 13.5. The van der Waals surface area contributed by atoms with Gasteiger partial charge in [-0.2, -0.15) is 0 Å². The highest BCUT2D eigenvalue weighted by Crippen LogP contribution is 2.32. The molecule has 2 aromatic rings. The lowest BCUT2D eigenvalue weighted by Gasteiger charge is -2.47. The molecular weight excluding hydrogens is 405 g/mol. The van der Waals surface area contributed by atoms with E-state index in [1.807, 2.05) is 35.2 Å². The zero-order valence-corrected chi connectivity index (χ0v) is 19.0. The maximum atomic E-state index is 13.5. The molecule has 0 aromatic heterocycles. The molecule has 2 atom stereocenters. The van der Waals surface area contributed by atoms with Gasteiger partial charge in [0.2, 0.25) is 5.91 Å². The number of amides is 2. The number of rotatable bonds is 6. The highest BCUT2D eigenvalue weighted by Gasteiger charge is 2.40. The second kappa shape index (κ2) is 9.82. The Bertz CT molecular complexity index is 960. The molecule has 170 valence electrons. The summed E-state index contributed by atoms with van der Waals surface area (Å²) in [6.07, 6.45) is 3.25. The fourth-order valence-corrected chi connectivity index (χ4v) is 5.04. The number of halogens is 1. The molecule has 0 saturated carbocycles. The van der Waals surface area contributed by atoms with Crippen molar-refractivity contribution in [3.8, 4) is 11.1 Å². The van der Waals surface area contributed by atoms with E-state index < -0.39 is 0 Å². The topological polar surface area (TPSA) is 43.9 Å². The third-order valence-corrected chi connectivity index (χ3v) is 6.72. The third-order valence-electron chi connectivity index (χ3n) is 6.72. The maximum absolute atomic E-state index is 13.5. The number of nitrogens with zero attached hydrogens (tertiary/aromatic N) is 3. The second-order valence-electron chi connectivity index (χ2n) is 9.24. The van der Waals surface area contributed by atoms with Gasteiger partial charge in [0, 0.05) is 37.7 Å². The lowest BCUT2D eigenvalue weighted by atomic mass is 9.83. The van der Waals surface area contributed by atoms with Gasteiger partial charge in [0.05, 0.1) is 0 Å². The Kier molecular flexibility index (Phi) is 6.89. The smallest absolute Gasteiger partial charge is 0.253 e. The molecule has 0 spiro atoms. The Morgan fingerprint density at radius 3 is 2.59 bits per heavy atom. The molecule has 0 N–H and O–H groups in total. The van der Waals surface area contributed by atoms with Crippen LogP contribution in [0.15, 0.2) is 48.5 Å². The summed E-state index contributed by atoms with van der Waals surface area (Å²) in [5, 5.41) is 0. The van der Waals surface area contributed by atoms with E-state index in [9.17, 15) is 14.0 Å². The van der Waals surface area contributed by atoms with Crippen LogP contribution in [-0.4, -0.2) is 72.8 Å². The zero-order chi connectivity index (χ0) is 22.7. The monoisotopic (exact) mass is 437 g/mol. The van der Waals surface area contributed by atoms with Gasteiger partial charge in [-0.25, -0.2) is 4.39 Å². The number of hydrogen-bond donors (Lipinski definition) is 0. The molecule has 0 radical (unpaired) electrons. The van der Waals surface area contributed by atoms with Crippen LogP contribution < -0.4 is 0 Å². The van der Waals surface area contributed by atoms with Gasteiger partial charge in [0.25, 0.3) is 5.91 Å². The van der Waals surface area contributed by atoms with Crippen LogP contribution in [0, 0.1) is 11.7 Å². The first kappa shape index (κ1) is 22.5. The Hall–Kier alpha value is -2.73. The van der Waals surface area contributed by atoms with Crippen LogP contribution in [-0.2, 0) is 4.79 Å². The second-order valence-corrected chi connectivity index (χ2v) is 9.24. The summed E-state index contributed by atoms with van der Waals surface area (Å²) in [6, 6.07) is 14.1. The van der Waals surface area contributed by atoms with Crippen molar-refractivity contribution < 1.29 is 14.0 Å². The van der Waals surface area contributed by atoms with Gasteiger partial charge in [-0.15, -0.1) is 0 Å². The predicted molar refractivity (Wildman–Crippen MR) is 124 cm³/mol. The normalized spacial score (nSPS) is 21.1. The van der Waals surface area contributed by atoms with Crippen molar-refractivity contribution in [2.24, 2.45) is 5.92 Å². The molecule has 2 saturated heterocycles. The fourth-order valence-electron chi connectivity index (χ4n) is 5.04. The Labute approximate surface area is 189 Å². The Morgan fingerprint density at radius 1 is 1.09 bits per heavy atom. The van der Waals surface area contributed by atoms with Gasteiger partial charge < -0.3 is 14.7 Å². The van der Waals surface area contributed by atoms with Gasteiger partial charge in [-0.1, -0.05) is 24.3 Å². The lowest BCUT2D eigenvalue weighted by Crippen LogP contribution is -2.57. The number of piperidine rings is 2. The van der Waals surface area contributed by atoms with Crippen LogP contribution in [0.1, 0.15) is 36.0 Å². The van der Waals surface area contributed by atoms with Crippen LogP contribution in [0.3, 0.4) is 0 Å². The SMILES string of the molecule is CN(C)CCCN1C(=O)CC[C@@H]2CN(C(=O)c3ccc(-c4cccc(F)c4)cc3)CC[C@@H]21. The van der Waals surface area contributed by atoms with Gasteiger partial charge >= 0.3 is 0 Å². The maximum Gasteiger partial charge on any atom is 0.253 e. The number of fused-ring (bicyclic) bond motifs is 1. The van der Waals surface area contributed by atoms with Gasteiger partial charge in [0.15, 0.2) is 0 Å². The van der Waals surface area contributed by atoms with Crippen molar-refractivity contribution in [2.75, 3.05) is 40.3 Å². The van der Waals surface area contributed by atoms with E-state index in [0.29, 0.717) is 31.0 Å². The molecule has 2 amide bonds. The van der Waals surface area contributed by atoms with Crippen LogP contribution in [0.2, 0.25) is 0 Å². The van der Waals surface area contributed by atoms with Gasteiger partial charge in [-0.3, -0.25) is 9.59 Å². The van der Waals surface area contributed by atoms with Gasteiger partial charge in [-0.05, 0) is 81.2 Å². The van der Waals surface area contributed by atoms with Crippen LogP contribution in [0.25, 0.3) is 11.1 Å². The molecule has 5 nitrogen and oxygen atoms in total. The number of carbonyl (C=O) groups excluding carboxylic acids is 2. The van der Waals surface area contributed by atoms with Crippen molar-refractivity contribution >= 4 is 11.8 Å². The van der Waals surface area contributed by atoms with Crippen molar-refractivity contribution in [2.45, 2.75) is 31.7 Å².